The maximum Gasteiger partial charge on any atom is 0.416 e. The fraction of sp³-hybridized carbons (Fsp3) is 0.500. The van der Waals surface area contributed by atoms with E-state index in [0.717, 1.165) is 12.1 Å². The molecule has 0 bridgehead atoms. The zero-order valence-corrected chi connectivity index (χ0v) is 13.6. The first-order valence-corrected chi connectivity index (χ1v) is 7.56. The van der Waals surface area contributed by atoms with Crippen LogP contribution < -0.4 is 5.32 Å². The number of carbonyl (C=O) groups is 2. The number of alkyl halides is 3. The lowest BCUT2D eigenvalue weighted by Crippen LogP contribution is -2.56. The number of piperazine rings is 1. The van der Waals surface area contributed by atoms with Gasteiger partial charge < -0.3 is 10.2 Å². The smallest absolute Gasteiger partial charge is 0.353 e. The van der Waals surface area contributed by atoms with Gasteiger partial charge >= 0.3 is 6.18 Å². The Balaban J connectivity index is 2.16. The van der Waals surface area contributed by atoms with Gasteiger partial charge in [0.05, 0.1) is 18.0 Å². The van der Waals surface area contributed by atoms with Crippen LogP contribution in [-0.2, 0) is 22.3 Å². The number of carbonyl (C=O) groups excluding carboxylic acids is 2. The van der Waals surface area contributed by atoms with Crippen molar-refractivity contribution in [3.05, 3.63) is 35.4 Å². The zero-order chi connectivity index (χ0) is 17.9. The Morgan fingerprint density at radius 1 is 1.38 bits per heavy atom. The predicted molar refractivity (Wildman–Crippen MR) is 82.0 cm³/mol. The molecule has 1 unspecified atom stereocenters. The molecule has 5 nitrogen and oxygen atoms in total. The van der Waals surface area contributed by atoms with Crippen molar-refractivity contribution >= 4 is 11.8 Å². The van der Waals surface area contributed by atoms with Gasteiger partial charge in [-0.15, -0.1) is 0 Å². The molecule has 1 saturated heterocycles. The van der Waals surface area contributed by atoms with Crippen molar-refractivity contribution in [2.24, 2.45) is 0 Å². The SMILES string of the molecule is CN(C)C(=O)CC1C(=O)NCCN1Cc1cccc(C(F)(F)F)c1. The molecule has 0 saturated carbocycles. The lowest BCUT2D eigenvalue weighted by atomic mass is 10.0. The molecule has 0 spiro atoms. The van der Waals surface area contributed by atoms with Crippen LogP contribution in [0.4, 0.5) is 13.2 Å². The molecule has 2 amide bonds. The van der Waals surface area contributed by atoms with Gasteiger partial charge in [-0.1, -0.05) is 18.2 Å². The molecule has 0 aromatic heterocycles. The molecule has 1 fully saturated rings. The topological polar surface area (TPSA) is 52.7 Å². The summed E-state index contributed by atoms with van der Waals surface area (Å²) >= 11 is 0. The Labute approximate surface area is 138 Å². The minimum atomic E-state index is -4.41. The van der Waals surface area contributed by atoms with Gasteiger partial charge in [0.1, 0.15) is 0 Å². The Morgan fingerprint density at radius 2 is 2.08 bits per heavy atom. The van der Waals surface area contributed by atoms with Crippen LogP contribution in [0.25, 0.3) is 0 Å². The van der Waals surface area contributed by atoms with Crippen molar-refractivity contribution in [2.75, 3.05) is 27.2 Å². The Hall–Kier alpha value is -2.09. The zero-order valence-electron chi connectivity index (χ0n) is 13.6. The highest BCUT2D eigenvalue weighted by atomic mass is 19.4. The Bertz CT molecular complexity index is 617. The number of amides is 2. The highest BCUT2D eigenvalue weighted by Crippen LogP contribution is 2.30. The van der Waals surface area contributed by atoms with E-state index in [4.69, 9.17) is 0 Å². The van der Waals surface area contributed by atoms with Gasteiger partial charge in [0.15, 0.2) is 0 Å². The van der Waals surface area contributed by atoms with Gasteiger partial charge in [0, 0.05) is 33.7 Å². The van der Waals surface area contributed by atoms with E-state index < -0.39 is 17.8 Å². The lowest BCUT2D eigenvalue weighted by Gasteiger charge is -2.35. The molecule has 1 aromatic carbocycles. The summed E-state index contributed by atoms with van der Waals surface area (Å²) < 4.78 is 38.5. The summed E-state index contributed by atoms with van der Waals surface area (Å²) in [4.78, 5) is 27.1. The van der Waals surface area contributed by atoms with Gasteiger partial charge in [-0.05, 0) is 11.6 Å². The van der Waals surface area contributed by atoms with Gasteiger partial charge in [-0.2, -0.15) is 13.2 Å². The second-order valence-electron chi connectivity index (χ2n) is 5.97. The van der Waals surface area contributed by atoms with Gasteiger partial charge in [0.25, 0.3) is 0 Å². The van der Waals surface area contributed by atoms with E-state index in [1.54, 1.807) is 25.1 Å². The van der Waals surface area contributed by atoms with Crippen molar-refractivity contribution in [3.63, 3.8) is 0 Å². The number of halogens is 3. The first-order chi connectivity index (χ1) is 11.2. The molecule has 1 aliphatic heterocycles. The third-order valence-electron chi connectivity index (χ3n) is 3.95. The van der Waals surface area contributed by atoms with Crippen molar-refractivity contribution in [1.82, 2.24) is 15.1 Å². The molecule has 1 N–H and O–H groups in total. The molecule has 8 heteroatoms. The molecule has 1 atom stereocenters. The third kappa shape index (κ3) is 4.47. The van der Waals surface area contributed by atoms with Crippen LogP contribution in [0, 0.1) is 0 Å². The van der Waals surface area contributed by atoms with Gasteiger partial charge in [-0.25, -0.2) is 0 Å². The summed E-state index contributed by atoms with van der Waals surface area (Å²) in [6.07, 6.45) is -4.41. The average molecular weight is 343 g/mol. The maximum absolute atomic E-state index is 12.8. The van der Waals surface area contributed by atoms with Crippen LogP contribution >= 0.6 is 0 Å². The largest absolute Gasteiger partial charge is 0.416 e. The number of hydrogen-bond acceptors (Lipinski definition) is 3. The van der Waals surface area contributed by atoms with E-state index in [2.05, 4.69) is 5.32 Å². The molecule has 1 heterocycles. The Morgan fingerprint density at radius 3 is 2.71 bits per heavy atom. The molecule has 24 heavy (non-hydrogen) atoms. The van der Waals surface area contributed by atoms with Gasteiger partial charge in [-0.3, -0.25) is 14.5 Å². The molecule has 132 valence electrons. The molecule has 1 aromatic rings. The van der Waals surface area contributed by atoms with Crippen LogP contribution in [0.3, 0.4) is 0 Å². The molecule has 2 rings (SSSR count). The molecular weight excluding hydrogens is 323 g/mol. The number of rotatable bonds is 4. The van der Waals surface area contributed by atoms with Crippen LogP contribution in [0.2, 0.25) is 0 Å². The van der Waals surface area contributed by atoms with Crippen molar-refractivity contribution in [2.45, 2.75) is 25.2 Å². The molecule has 1 aliphatic rings. The highest BCUT2D eigenvalue weighted by molar-refractivity contribution is 5.88. The number of hydrogen-bond donors (Lipinski definition) is 1. The molecule has 0 aliphatic carbocycles. The standard InChI is InChI=1S/C16H20F3N3O2/c1-21(2)14(23)9-13-15(24)20-6-7-22(13)10-11-4-3-5-12(8-11)16(17,18)19/h3-5,8,13H,6-7,9-10H2,1-2H3,(H,20,24). The minimum Gasteiger partial charge on any atom is -0.353 e. The second-order valence-corrected chi connectivity index (χ2v) is 5.97. The molecular formula is C16H20F3N3O2. The van der Waals surface area contributed by atoms with E-state index >= 15 is 0 Å². The lowest BCUT2D eigenvalue weighted by molar-refractivity contribution is -0.138. The fourth-order valence-corrected chi connectivity index (χ4v) is 2.60. The van der Waals surface area contributed by atoms with Crippen molar-refractivity contribution in [3.8, 4) is 0 Å². The second kappa shape index (κ2) is 7.21. The first-order valence-electron chi connectivity index (χ1n) is 7.56. The van der Waals surface area contributed by atoms with E-state index in [0.29, 0.717) is 18.7 Å². The summed E-state index contributed by atoms with van der Waals surface area (Å²) in [7, 11) is 3.19. The predicted octanol–water partition coefficient (Wildman–Crippen LogP) is 1.48. The van der Waals surface area contributed by atoms with Crippen molar-refractivity contribution < 1.29 is 22.8 Å². The number of benzene rings is 1. The summed E-state index contributed by atoms with van der Waals surface area (Å²) in [6, 6.07) is 4.36. The van der Waals surface area contributed by atoms with Crippen molar-refractivity contribution in [1.29, 1.82) is 0 Å². The summed E-state index contributed by atoms with van der Waals surface area (Å²) in [5.41, 5.74) is -0.260. The fourth-order valence-electron chi connectivity index (χ4n) is 2.60. The van der Waals surface area contributed by atoms with Gasteiger partial charge in [0.2, 0.25) is 11.8 Å². The van der Waals surface area contributed by atoms with E-state index in [1.165, 1.54) is 11.0 Å². The third-order valence-corrected chi connectivity index (χ3v) is 3.95. The first kappa shape index (κ1) is 18.3. The quantitative estimate of drug-likeness (QED) is 0.901. The normalized spacial score (nSPS) is 19.0. The number of nitrogens with zero attached hydrogens (tertiary/aromatic N) is 2. The number of nitrogens with one attached hydrogen (secondary N) is 1. The minimum absolute atomic E-state index is 0.00219. The monoisotopic (exact) mass is 343 g/mol. The van der Waals surface area contributed by atoms with Crippen LogP contribution in [0.15, 0.2) is 24.3 Å². The van der Waals surface area contributed by atoms with E-state index in [1.807, 2.05) is 0 Å². The van der Waals surface area contributed by atoms with Crippen LogP contribution in [0.1, 0.15) is 17.5 Å². The summed E-state index contributed by atoms with van der Waals surface area (Å²) in [5, 5.41) is 2.70. The maximum atomic E-state index is 12.8. The van der Waals surface area contributed by atoms with E-state index in [9.17, 15) is 22.8 Å². The molecule has 0 radical (unpaired) electrons. The van der Waals surface area contributed by atoms with Crippen LogP contribution in [0.5, 0.6) is 0 Å². The van der Waals surface area contributed by atoms with E-state index in [-0.39, 0.29) is 24.8 Å². The Kier molecular flexibility index (Phi) is 5.48. The van der Waals surface area contributed by atoms with Crippen LogP contribution in [-0.4, -0.2) is 54.8 Å². The highest BCUT2D eigenvalue weighted by Gasteiger charge is 2.33. The average Bonchev–Trinajstić information content (AvgIpc) is 2.50. The summed E-state index contributed by atoms with van der Waals surface area (Å²) in [6.45, 7) is 1.07. The summed E-state index contributed by atoms with van der Waals surface area (Å²) in [5.74, 6) is -0.477.